The molecule has 0 fully saturated rings. The number of amidine groups is 1. The van der Waals surface area contributed by atoms with Crippen molar-refractivity contribution in [2.24, 2.45) is 20.7 Å². The quantitative estimate of drug-likeness (QED) is 0.772. The molecule has 16 heavy (non-hydrogen) atoms. The van der Waals surface area contributed by atoms with Crippen LogP contribution in [0.25, 0.3) is 0 Å². The molecule has 0 aromatic heterocycles. The number of hydrogen-bond acceptors (Lipinski definition) is 5. The van der Waals surface area contributed by atoms with Crippen LogP contribution in [-0.2, 0) is 0 Å². The Balaban J connectivity index is 2.19. The van der Waals surface area contributed by atoms with Gasteiger partial charge in [-0.15, -0.1) is 0 Å². The molecule has 0 aliphatic carbocycles. The third-order valence-electron chi connectivity index (χ3n) is 3.21. The summed E-state index contributed by atoms with van der Waals surface area (Å²) in [6, 6.07) is -0.0962. The molecular weight excluding hydrogens is 202 g/mol. The average Bonchev–Trinajstić information content (AvgIpc) is 2.63. The van der Waals surface area contributed by atoms with Crippen LogP contribution in [0.2, 0.25) is 0 Å². The molecule has 0 radical (unpaired) electrons. The van der Waals surface area contributed by atoms with Gasteiger partial charge >= 0.3 is 0 Å². The van der Waals surface area contributed by atoms with E-state index in [4.69, 9.17) is 5.73 Å². The molecule has 5 heteroatoms. The maximum atomic E-state index is 5.82. The molecular formula is C11H19N5. The lowest BCUT2D eigenvalue weighted by molar-refractivity contribution is 0.165. The van der Waals surface area contributed by atoms with Gasteiger partial charge in [-0.25, -0.2) is 9.98 Å². The van der Waals surface area contributed by atoms with Gasteiger partial charge in [-0.3, -0.25) is 4.99 Å². The van der Waals surface area contributed by atoms with Crippen molar-refractivity contribution in [2.75, 3.05) is 0 Å². The van der Waals surface area contributed by atoms with Crippen LogP contribution in [0.1, 0.15) is 33.6 Å². The Hall–Kier alpha value is -1.39. The van der Waals surface area contributed by atoms with Crippen molar-refractivity contribution >= 4 is 18.5 Å². The number of aliphatic imine (C=N–C) groups is 3. The molecule has 0 saturated carbocycles. The zero-order valence-corrected chi connectivity index (χ0v) is 10.1. The molecule has 0 aromatic carbocycles. The molecule has 5 nitrogen and oxygen atoms in total. The van der Waals surface area contributed by atoms with Crippen LogP contribution in [-0.4, -0.2) is 41.2 Å². The predicted octanol–water partition coefficient (Wildman–Crippen LogP) is 1.00. The third kappa shape index (κ3) is 1.70. The van der Waals surface area contributed by atoms with E-state index < -0.39 is 0 Å². The van der Waals surface area contributed by atoms with Crippen molar-refractivity contribution in [3.8, 4) is 0 Å². The Kier molecular flexibility index (Phi) is 2.69. The lowest BCUT2D eigenvalue weighted by atomic mass is 9.95. The van der Waals surface area contributed by atoms with Crippen LogP contribution in [0.4, 0.5) is 0 Å². The van der Waals surface area contributed by atoms with Gasteiger partial charge in [0.1, 0.15) is 18.2 Å². The first-order valence-corrected chi connectivity index (χ1v) is 5.73. The maximum Gasteiger partial charge on any atom is 0.153 e. The van der Waals surface area contributed by atoms with E-state index in [0.717, 1.165) is 12.8 Å². The zero-order valence-electron chi connectivity index (χ0n) is 10.1. The Bertz CT molecular complexity index is 355. The highest BCUT2D eigenvalue weighted by molar-refractivity contribution is 5.96. The number of nitrogens with zero attached hydrogens (tertiary/aromatic N) is 4. The highest BCUT2D eigenvalue weighted by Gasteiger charge is 2.40. The molecule has 0 spiro atoms. The van der Waals surface area contributed by atoms with Crippen molar-refractivity contribution in [1.82, 2.24) is 4.90 Å². The summed E-state index contributed by atoms with van der Waals surface area (Å²) in [5, 5.41) is 0. The molecule has 0 bridgehead atoms. The van der Waals surface area contributed by atoms with Crippen LogP contribution in [0.5, 0.6) is 0 Å². The summed E-state index contributed by atoms with van der Waals surface area (Å²) in [6.07, 6.45) is 5.66. The van der Waals surface area contributed by atoms with Gasteiger partial charge in [0, 0.05) is 5.54 Å². The standard InChI is InChI=1S/C11H19N5/c1-4-5-11(2,3)16-7-15-8-9(12)13-6-14-10(8)16/h6-8,10H,4-5H2,1-3H3,(H2,12,13,14). The van der Waals surface area contributed by atoms with E-state index in [1.165, 1.54) is 0 Å². The Morgan fingerprint density at radius 2 is 2.19 bits per heavy atom. The van der Waals surface area contributed by atoms with Crippen LogP contribution < -0.4 is 5.73 Å². The molecule has 2 aliphatic rings. The summed E-state index contributed by atoms with van der Waals surface area (Å²) in [5.74, 6) is 0.561. The van der Waals surface area contributed by atoms with Crippen molar-refractivity contribution in [2.45, 2.75) is 51.4 Å². The Morgan fingerprint density at radius 3 is 2.88 bits per heavy atom. The molecule has 2 unspecified atom stereocenters. The van der Waals surface area contributed by atoms with Gasteiger partial charge in [-0.2, -0.15) is 0 Å². The molecule has 0 aromatic rings. The molecule has 2 N–H and O–H groups in total. The van der Waals surface area contributed by atoms with Gasteiger partial charge in [0.25, 0.3) is 0 Å². The van der Waals surface area contributed by atoms with E-state index in [0.29, 0.717) is 5.84 Å². The second-order valence-corrected chi connectivity index (χ2v) is 4.91. The summed E-state index contributed by atoms with van der Waals surface area (Å²) in [6.45, 7) is 6.61. The fourth-order valence-corrected chi connectivity index (χ4v) is 2.32. The molecule has 0 amide bonds. The summed E-state index contributed by atoms with van der Waals surface area (Å²) in [5.41, 5.74) is 5.88. The van der Waals surface area contributed by atoms with Crippen molar-refractivity contribution < 1.29 is 0 Å². The smallest absolute Gasteiger partial charge is 0.153 e. The minimum Gasteiger partial charge on any atom is -0.385 e. The Morgan fingerprint density at radius 1 is 1.44 bits per heavy atom. The van der Waals surface area contributed by atoms with Gasteiger partial charge in [-0.1, -0.05) is 13.3 Å². The Labute approximate surface area is 96.2 Å². The third-order valence-corrected chi connectivity index (χ3v) is 3.21. The molecule has 0 saturated heterocycles. The topological polar surface area (TPSA) is 66.3 Å². The fourth-order valence-electron chi connectivity index (χ4n) is 2.32. The summed E-state index contributed by atoms with van der Waals surface area (Å²) < 4.78 is 0. The summed E-state index contributed by atoms with van der Waals surface area (Å²) >= 11 is 0. The van der Waals surface area contributed by atoms with Crippen molar-refractivity contribution in [3.05, 3.63) is 0 Å². The van der Waals surface area contributed by atoms with Crippen LogP contribution in [0.3, 0.4) is 0 Å². The maximum absolute atomic E-state index is 5.82. The van der Waals surface area contributed by atoms with Crippen LogP contribution in [0.15, 0.2) is 15.0 Å². The number of nitrogens with two attached hydrogens (primary N) is 1. The normalized spacial score (nSPS) is 28.2. The van der Waals surface area contributed by atoms with Crippen molar-refractivity contribution in [3.63, 3.8) is 0 Å². The van der Waals surface area contributed by atoms with E-state index in [1.54, 1.807) is 6.34 Å². The number of rotatable bonds is 3. The molecule has 2 atom stereocenters. The van der Waals surface area contributed by atoms with Gasteiger partial charge < -0.3 is 10.6 Å². The van der Waals surface area contributed by atoms with Gasteiger partial charge in [0.2, 0.25) is 0 Å². The number of hydrogen-bond donors (Lipinski definition) is 1. The first kappa shape index (κ1) is 11.1. The van der Waals surface area contributed by atoms with Gasteiger partial charge in [0.05, 0.1) is 6.34 Å². The molecule has 2 heterocycles. The lowest BCUT2D eigenvalue weighted by Crippen LogP contribution is -2.52. The second kappa shape index (κ2) is 3.88. The number of fused-ring (bicyclic) bond motifs is 1. The van der Waals surface area contributed by atoms with E-state index in [2.05, 4.69) is 40.6 Å². The second-order valence-electron chi connectivity index (χ2n) is 4.91. The van der Waals surface area contributed by atoms with E-state index in [9.17, 15) is 0 Å². The average molecular weight is 221 g/mol. The lowest BCUT2D eigenvalue weighted by Gasteiger charge is -2.39. The van der Waals surface area contributed by atoms with Crippen LogP contribution in [0, 0.1) is 0 Å². The fraction of sp³-hybridized carbons (Fsp3) is 0.727. The zero-order chi connectivity index (χ0) is 11.8. The van der Waals surface area contributed by atoms with E-state index in [-0.39, 0.29) is 17.7 Å². The highest BCUT2D eigenvalue weighted by Crippen LogP contribution is 2.28. The predicted molar refractivity (Wildman–Crippen MR) is 67.0 cm³/mol. The van der Waals surface area contributed by atoms with Gasteiger partial charge in [0.15, 0.2) is 6.17 Å². The molecule has 2 aliphatic heterocycles. The summed E-state index contributed by atoms with van der Waals surface area (Å²) in [4.78, 5) is 15.0. The first-order valence-electron chi connectivity index (χ1n) is 5.73. The first-order chi connectivity index (χ1) is 7.56. The SMILES string of the molecule is CCCC(C)(C)N1C=NC2C(N)=NC=NC21. The monoisotopic (exact) mass is 221 g/mol. The van der Waals surface area contributed by atoms with E-state index >= 15 is 0 Å². The summed E-state index contributed by atoms with van der Waals surface area (Å²) in [7, 11) is 0. The largest absolute Gasteiger partial charge is 0.385 e. The minimum atomic E-state index is -0.0962. The van der Waals surface area contributed by atoms with Crippen LogP contribution >= 0.6 is 0 Å². The van der Waals surface area contributed by atoms with E-state index in [1.807, 2.05) is 6.34 Å². The minimum absolute atomic E-state index is 0.000880. The molecule has 2 rings (SSSR count). The van der Waals surface area contributed by atoms with Crippen molar-refractivity contribution in [1.29, 1.82) is 0 Å². The molecule has 88 valence electrons. The van der Waals surface area contributed by atoms with Gasteiger partial charge in [-0.05, 0) is 20.3 Å². The highest BCUT2D eigenvalue weighted by atomic mass is 15.4.